The predicted molar refractivity (Wildman–Crippen MR) is 87.9 cm³/mol. The monoisotopic (exact) mass is 343 g/mol. The second-order valence-electron chi connectivity index (χ2n) is 4.72. The van der Waals surface area contributed by atoms with Gasteiger partial charge in [-0.3, -0.25) is 4.79 Å². The number of rotatable bonds is 4. The molecule has 0 spiro atoms. The van der Waals surface area contributed by atoms with Crippen LogP contribution in [0.15, 0.2) is 60.7 Å². The fourth-order valence-electron chi connectivity index (χ4n) is 1.88. The SMILES string of the molecule is O=C(Nc1ccc(F)cc1)c1cccc(Oc2cccc(Cl)n2)n1. The molecule has 2 aromatic heterocycles. The first-order chi connectivity index (χ1) is 11.6. The summed E-state index contributed by atoms with van der Waals surface area (Å²) in [6.45, 7) is 0. The van der Waals surface area contributed by atoms with Crippen LogP contribution in [-0.2, 0) is 0 Å². The van der Waals surface area contributed by atoms with E-state index in [0.29, 0.717) is 5.69 Å². The van der Waals surface area contributed by atoms with Crippen LogP contribution in [0.5, 0.6) is 11.8 Å². The van der Waals surface area contributed by atoms with Crippen molar-refractivity contribution in [3.63, 3.8) is 0 Å². The number of nitrogens with zero attached hydrogens (tertiary/aromatic N) is 2. The second kappa shape index (κ2) is 7.06. The summed E-state index contributed by atoms with van der Waals surface area (Å²) in [6.07, 6.45) is 0. The van der Waals surface area contributed by atoms with Crippen molar-refractivity contribution in [1.29, 1.82) is 0 Å². The van der Waals surface area contributed by atoms with E-state index in [2.05, 4.69) is 15.3 Å². The van der Waals surface area contributed by atoms with Gasteiger partial charge in [0.15, 0.2) is 0 Å². The first-order valence-corrected chi connectivity index (χ1v) is 7.32. The Hall–Kier alpha value is -2.99. The molecule has 7 heteroatoms. The number of anilines is 1. The van der Waals surface area contributed by atoms with E-state index in [0.717, 1.165) is 0 Å². The molecule has 3 rings (SSSR count). The van der Waals surface area contributed by atoms with Crippen LogP contribution in [0.3, 0.4) is 0 Å². The molecular formula is C17H11ClFN3O2. The average molecular weight is 344 g/mol. The third kappa shape index (κ3) is 4.05. The predicted octanol–water partition coefficient (Wildman–Crippen LogP) is 4.31. The van der Waals surface area contributed by atoms with Gasteiger partial charge in [-0.1, -0.05) is 23.7 Å². The molecule has 0 aliphatic heterocycles. The molecule has 0 aliphatic carbocycles. The minimum absolute atomic E-state index is 0.152. The minimum atomic E-state index is -0.439. The first kappa shape index (κ1) is 15.9. The Morgan fingerprint density at radius 1 is 0.958 bits per heavy atom. The summed E-state index contributed by atoms with van der Waals surface area (Å²) < 4.78 is 18.4. The van der Waals surface area contributed by atoms with Crippen molar-refractivity contribution in [2.45, 2.75) is 0 Å². The number of aromatic nitrogens is 2. The molecule has 120 valence electrons. The van der Waals surface area contributed by atoms with Crippen molar-refractivity contribution in [3.8, 4) is 11.8 Å². The summed E-state index contributed by atoms with van der Waals surface area (Å²) >= 11 is 5.79. The molecule has 1 amide bonds. The Kier molecular flexibility index (Phi) is 4.67. The quantitative estimate of drug-likeness (QED) is 0.717. The first-order valence-electron chi connectivity index (χ1n) is 6.94. The fraction of sp³-hybridized carbons (Fsp3) is 0. The molecule has 2 heterocycles. The molecule has 0 atom stereocenters. The molecular weight excluding hydrogens is 333 g/mol. The summed E-state index contributed by atoms with van der Waals surface area (Å²) in [6, 6.07) is 15.1. The van der Waals surface area contributed by atoms with Gasteiger partial charge in [0.1, 0.15) is 16.7 Å². The van der Waals surface area contributed by atoms with E-state index in [9.17, 15) is 9.18 Å². The van der Waals surface area contributed by atoms with Crippen LogP contribution in [0.2, 0.25) is 5.15 Å². The third-order valence-corrected chi connectivity index (χ3v) is 3.17. The molecule has 0 radical (unpaired) electrons. The molecule has 0 aliphatic rings. The zero-order valence-corrected chi connectivity index (χ0v) is 13.0. The van der Waals surface area contributed by atoms with Gasteiger partial charge in [0.2, 0.25) is 11.8 Å². The van der Waals surface area contributed by atoms with Crippen molar-refractivity contribution in [1.82, 2.24) is 9.97 Å². The van der Waals surface area contributed by atoms with E-state index in [-0.39, 0.29) is 28.4 Å². The Morgan fingerprint density at radius 2 is 1.62 bits per heavy atom. The van der Waals surface area contributed by atoms with Crippen LogP contribution in [-0.4, -0.2) is 15.9 Å². The highest BCUT2D eigenvalue weighted by Gasteiger charge is 2.10. The zero-order chi connectivity index (χ0) is 16.9. The molecule has 5 nitrogen and oxygen atoms in total. The van der Waals surface area contributed by atoms with Gasteiger partial charge in [0.25, 0.3) is 5.91 Å². The van der Waals surface area contributed by atoms with Crippen molar-refractivity contribution >= 4 is 23.2 Å². The van der Waals surface area contributed by atoms with Crippen LogP contribution in [0.25, 0.3) is 0 Å². The maximum Gasteiger partial charge on any atom is 0.274 e. The lowest BCUT2D eigenvalue weighted by atomic mass is 10.3. The highest BCUT2D eigenvalue weighted by atomic mass is 35.5. The van der Waals surface area contributed by atoms with Crippen molar-refractivity contribution < 1.29 is 13.9 Å². The van der Waals surface area contributed by atoms with E-state index in [1.807, 2.05) is 0 Å². The van der Waals surface area contributed by atoms with Gasteiger partial charge < -0.3 is 10.1 Å². The molecule has 24 heavy (non-hydrogen) atoms. The van der Waals surface area contributed by atoms with E-state index in [1.165, 1.54) is 30.3 Å². The van der Waals surface area contributed by atoms with Gasteiger partial charge >= 0.3 is 0 Å². The molecule has 1 aromatic carbocycles. The number of hydrogen-bond donors (Lipinski definition) is 1. The Balaban J connectivity index is 1.74. The van der Waals surface area contributed by atoms with Crippen LogP contribution >= 0.6 is 11.6 Å². The average Bonchev–Trinajstić information content (AvgIpc) is 2.57. The Bertz CT molecular complexity index is 872. The van der Waals surface area contributed by atoms with Crippen LogP contribution < -0.4 is 10.1 Å². The lowest BCUT2D eigenvalue weighted by Crippen LogP contribution is -2.13. The maximum absolute atomic E-state index is 12.9. The number of pyridine rings is 2. The number of carbonyl (C=O) groups is 1. The largest absolute Gasteiger partial charge is 0.421 e. The number of hydrogen-bond acceptors (Lipinski definition) is 4. The van der Waals surface area contributed by atoms with Gasteiger partial charge in [-0.05, 0) is 36.4 Å². The second-order valence-corrected chi connectivity index (χ2v) is 5.11. The molecule has 1 N–H and O–H groups in total. The van der Waals surface area contributed by atoms with Gasteiger partial charge in [-0.25, -0.2) is 14.4 Å². The normalized spacial score (nSPS) is 10.2. The molecule has 0 fully saturated rings. The number of benzene rings is 1. The number of amides is 1. The lowest BCUT2D eigenvalue weighted by molar-refractivity contribution is 0.102. The molecule has 0 saturated heterocycles. The fourth-order valence-corrected chi connectivity index (χ4v) is 2.04. The van der Waals surface area contributed by atoms with Crippen molar-refractivity contribution in [3.05, 3.63) is 77.3 Å². The summed E-state index contributed by atoms with van der Waals surface area (Å²) in [4.78, 5) is 20.3. The number of nitrogens with one attached hydrogen (secondary N) is 1. The number of halogens is 2. The summed E-state index contributed by atoms with van der Waals surface area (Å²) in [5.41, 5.74) is 0.616. The maximum atomic E-state index is 12.9. The molecule has 0 saturated carbocycles. The van der Waals surface area contributed by atoms with E-state index < -0.39 is 5.91 Å². The van der Waals surface area contributed by atoms with Gasteiger partial charge in [-0.2, -0.15) is 0 Å². The van der Waals surface area contributed by atoms with E-state index in [4.69, 9.17) is 16.3 Å². The standard InChI is InChI=1S/C17H11ClFN3O2/c18-14-4-2-6-16(22-14)24-15-5-1-3-13(21-15)17(23)20-12-9-7-11(19)8-10-12/h1-10H,(H,20,23). The molecule has 3 aromatic rings. The van der Waals surface area contributed by atoms with Gasteiger partial charge in [-0.15, -0.1) is 0 Å². The van der Waals surface area contributed by atoms with E-state index >= 15 is 0 Å². The van der Waals surface area contributed by atoms with Gasteiger partial charge in [0.05, 0.1) is 0 Å². The lowest BCUT2D eigenvalue weighted by Gasteiger charge is -2.07. The smallest absolute Gasteiger partial charge is 0.274 e. The zero-order valence-electron chi connectivity index (χ0n) is 12.2. The van der Waals surface area contributed by atoms with Crippen LogP contribution in [0.1, 0.15) is 10.5 Å². The Morgan fingerprint density at radius 3 is 2.33 bits per heavy atom. The summed E-state index contributed by atoms with van der Waals surface area (Å²) in [7, 11) is 0. The topological polar surface area (TPSA) is 64.1 Å². The Labute approximate surface area is 142 Å². The van der Waals surface area contributed by atoms with Gasteiger partial charge in [0, 0.05) is 17.8 Å². The third-order valence-electron chi connectivity index (χ3n) is 2.96. The number of carbonyl (C=O) groups excluding carboxylic acids is 1. The number of ether oxygens (including phenoxy) is 1. The highest BCUT2D eigenvalue weighted by molar-refractivity contribution is 6.29. The molecule has 0 bridgehead atoms. The van der Waals surface area contributed by atoms with Crippen molar-refractivity contribution in [2.75, 3.05) is 5.32 Å². The summed E-state index contributed by atoms with van der Waals surface area (Å²) in [5.74, 6) is -0.343. The molecule has 0 unspecified atom stereocenters. The van der Waals surface area contributed by atoms with E-state index in [1.54, 1.807) is 30.3 Å². The minimum Gasteiger partial charge on any atom is -0.421 e. The van der Waals surface area contributed by atoms with Crippen LogP contribution in [0.4, 0.5) is 10.1 Å². The van der Waals surface area contributed by atoms with Crippen molar-refractivity contribution in [2.24, 2.45) is 0 Å². The highest BCUT2D eigenvalue weighted by Crippen LogP contribution is 2.19. The summed E-state index contributed by atoms with van der Waals surface area (Å²) in [5, 5.41) is 2.91. The van der Waals surface area contributed by atoms with Crippen LogP contribution in [0, 0.1) is 5.82 Å².